The van der Waals surface area contributed by atoms with Gasteiger partial charge in [0.25, 0.3) is 0 Å². The molecule has 1 saturated heterocycles. The van der Waals surface area contributed by atoms with Gasteiger partial charge in [-0.3, -0.25) is 9.78 Å². The minimum atomic E-state index is -0.303. The Hall–Kier alpha value is -2.97. The van der Waals surface area contributed by atoms with E-state index in [4.69, 9.17) is 9.26 Å². The highest BCUT2D eigenvalue weighted by molar-refractivity contribution is 5.76. The smallest absolute Gasteiger partial charge is 0.409 e. The molecule has 9 nitrogen and oxygen atoms in total. The summed E-state index contributed by atoms with van der Waals surface area (Å²) in [4.78, 5) is 36.5. The number of carbonyl (C=O) groups is 2. The zero-order chi connectivity index (χ0) is 20.6. The zero-order valence-electron chi connectivity index (χ0n) is 16.9. The largest absolute Gasteiger partial charge is 0.449 e. The third-order valence-electron chi connectivity index (χ3n) is 4.61. The van der Waals surface area contributed by atoms with Gasteiger partial charge in [0, 0.05) is 57.0 Å². The average Bonchev–Trinajstić information content (AvgIpc) is 3.06. The Morgan fingerprint density at radius 3 is 2.62 bits per heavy atom. The van der Waals surface area contributed by atoms with Crippen LogP contribution >= 0.6 is 0 Å². The molecular formula is C20H27N5O4. The van der Waals surface area contributed by atoms with Crippen LogP contribution < -0.4 is 0 Å². The second-order valence-corrected chi connectivity index (χ2v) is 7.44. The van der Waals surface area contributed by atoms with E-state index in [-0.39, 0.29) is 18.4 Å². The number of hydrogen-bond acceptors (Lipinski definition) is 7. The summed E-state index contributed by atoms with van der Waals surface area (Å²) in [5.41, 5.74) is 0.818. The summed E-state index contributed by atoms with van der Waals surface area (Å²) in [6.07, 6.45) is 4.42. The van der Waals surface area contributed by atoms with Crippen LogP contribution in [-0.4, -0.2) is 69.7 Å². The summed E-state index contributed by atoms with van der Waals surface area (Å²) in [7, 11) is 0. The Balaban J connectivity index is 1.46. The minimum Gasteiger partial charge on any atom is -0.449 e. The average molecular weight is 401 g/mol. The molecule has 0 spiro atoms. The van der Waals surface area contributed by atoms with Gasteiger partial charge >= 0.3 is 6.09 Å². The van der Waals surface area contributed by atoms with Crippen LogP contribution in [0.5, 0.6) is 0 Å². The molecule has 0 N–H and O–H groups in total. The van der Waals surface area contributed by atoms with Crippen molar-refractivity contribution >= 4 is 12.0 Å². The lowest BCUT2D eigenvalue weighted by atomic mass is 10.2. The molecular weight excluding hydrogens is 374 g/mol. The fourth-order valence-electron chi connectivity index (χ4n) is 3.03. The lowest BCUT2D eigenvalue weighted by molar-refractivity contribution is -0.131. The standard InChI is InChI=1S/C20H27N5O4/c1-15(2)14-28-20(27)25-11-3-10-24(12-13-25)18(26)5-4-17-22-19(23-29-17)16-6-8-21-9-7-16/h6-9,15H,3-5,10-14H2,1-2H3. The van der Waals surface area contributed by atoms with E-state index in [2.05, 4.69) is 15.1 Å². The Labute approximate surface area is 170 Å². The molecule has 0 unspecified atom stereocenters. The summed E-state index contributed by atoms with van der Waals surface area (Å²) in [6.45, 7) is 6.61. The van der Waals surface area contributed by atoms with E-state index in [1.807, 2.05) is 13.8 Å². The normalized spacial score (nSPS) is 14.7. The van der Waals surface area contributed by atoms with E-state index in [0.717, 1.165) is 12.0 Å². The fraction of sp³-hybridized carbons (Fsp3) is 0.550. The maximum Gasteiger partial charge on any atom is 0.409 e. The number of rotatable bonds is 6. The number of amides is 2. The van der Waals surface area contributed by atoms with E-state index < -0.39 is 0 Å². The molecule has 156 valence electrons. The first-order valence-electron chi connectivity index (χ1n) is 9.95. The van der Waals surface area contributed by atoms with Crippen molar-refractivity contribution < 1.29 is 18.8 Å². The maximum atomic E-state index is 12.6. The molecule has 3 rings (SSSR count). The van der Waals surface area contributed by atoms with Gasteiger partial charge in [-0.25, -0.2) is 4.79 Å². The lowest BCUT2D eigenvalue weighted by Gasteiger charge is -2.22. The molecule has 0 aromatic carbocycles. The number of nitrogens with zero attached hydrogens (tertiary/aromatic N) is 5. The van der Waals surface area contributed by atoms with Gasteiger partial charge in [0.1, 0.15) is 0 Å². The minimum absolute atomic E-state index is 0.0195. The molecule has 1 fully saturated rings. The van der Waals surface area contributed by atoms with Crippen LogP contribution in [0, 0.1) is 5.92 Å². The topological polar surface area (TPSA) is 102 Å². The second kappa shape index (κ2) is 9.99. The predicted octanol–water partition coefficient (Wildman–Crippen LogP) is 2.39. The van der Waals surface area contributed by atoms with Crippen molar-refractivity contribution in [2.24, 2.45) is 5.92 Å². The van der Waals surface area contributed by atoms with E-state index in [9.17, 15) is 9.59 Å². The van der Waals surface area contributed by atoms with Gasteiger partial charge in [-0.1, -0.05) is 19.0 Å². The second-order valence-electron chi connectivity index (χ2n) is 7.44. The Bertz CT molecular complexity index is 808. The lowest BCUT2D eigenvalue weighted by Crippen LogP contribution is -2.38. The summed E-state index contributed by atoms with van der Waals surface area (Å²) >= 11 is 0. The van der Waals surface area contributed by atoms with Gasteiger partial charge in [-0.15, -0.1) is 0 Å². The molecule has 2 aromatic rings. The SMILES string of the molecule is CC(C)COC(=O)N1CCCN(C(=O)CCc2nc(-c3ccncc3)no2)CC1. The quantitative estimate of drug-likeness (QED) is 0.732. The fourth-order valence-corrected chi connectivity index (χ4v) is 3.03. The van der Waals surface area contributed by atoms with E-state index in [1.165, 1.54) is 0 Å². The van der Waals surface area contributed by atoms with Crippen LogP contribution in [0.15, 0.2) is 29.0 Å². The van der Waals surface area contributed by atoms with E-state index in [0.29, 0.717) is 56.8 Å². The van der Waals surface area contributed by atoms with Crippen molar-refractivity contribution in [3.8, 4) is 11.4 Å². The monoisotopic (exact) mass is 401 g/mol. The van der Waals surface area contributed by atoms with Crippen molar-refractivity contribution in [3.63, 3.8) is 0 Å². The third-order valence-corrected chi connectivity index (χ3v) is 4.61. The summed E-state index contributed by atoms with van der Waals surface area (Å²) < 4.78 is 10.5. The highest BCUT2D eigenvalue weighted by atomic mass is 16.6. The number of aromatic nitrogens is 3. The molecule has 1 aliphatic heterocycles. The molecule has 0 aliphatic carbocycles. The van der Waals surface area contributed by atoms with Gasteiger partial charge in [0.2, 0.25) is 17.6 Å². The molecule has 9 heteroatoms. The van der Waals surface area contributed by atoms with Crippen LogP contribution in [0.2, 0.25) is 0 Å². The van der Waals surface area contributed by atoms with Gasteiger partial charge in [0.15, 0.2) is 0 Å². The predicted molar refractivity (Wildman–Crippen MR) is 105 cm³/mol. The highest BCUT2D eigenvalue weighted by Crippen LogP contribution is 2.15. The molecule has 0 radical (unpaired) electrons. The first kappa shape index (κ1) is 20.8. The third kappa shape index (κ3) is 6.00. The maximum absolute atomic E-state index is 12.6. The molecule has 2 aromatic heterocycles. The summed E-state index contributed by atoms with van der Waals surface area (Å²) in [5.74, 6) is 1.23. The summed E-state index contributed by atoms with van der Waals surface area (Å²) in [6, 6.07) is 3.60. The molecule has 2 amide bonds. The van der Waals surface area contributed by atoms with E-state index in [1.54, 1.807) is 34.3 Å². The van der Waals surface area contributed by atoms with Gasteiger partial charge < -0.3 is 19.1 Å². The van der Waals surface area contributed by atoms with Crippen molar-refractivity contribution in [2.45, 2.75) is 33.1 Å². The van der Waals surface area contributed by atoms with Crippen LogP contribution in [0.3, 0.4) is 0 Å². The Morgan fingerprint density at radius 2 is 1.86 bits per heavy atom. The first-order chi connectivity index (χ1) is 14.0. The zero-order valence-corrected chi connectivity index (χ0v) is 16.9. The number of hydrogen-bond donors (Lipinski definition) is 0. The van der Waals surface area contributed by atoms with Crippen LogP contribution in [0.4, 0.5) is 4.79 Å². The molecule has 3 heterocycles. The molecule has 29 heavy (non-hydrogen) atoms. The van der Waals surface area contributed by atoms with Gasteiger partial charge in [0.05, 0.1) is 6.61 Å². The molecule has 0 atom stereocenters. The van der Waals surface area contributed by atoms with Crippen molar-refractivity contribution in [3.05, 3.63) is 30.4 Å². The number of carbonyl (C=O) groups excluding carboxylic acids is 2. The van der Waals surface area contributed by atoms with Gasteiger partial charge in [-0.2, -0.15) is 4.98 Å². The Kier molecular flexibility index (Phi) is 7.15. The van der Waals surface area contributed by atoms with Crippen LogP contribution in [-0.2, 0) is 16.0 Å². The van der Waals surface area contributed by atoms with Crippen molar-refractivity contribution in [1.29, 1.82) is 0 Å². The summed E-state index contributed by atoms with van der Waals surface area (Å²) in [5, 5.41) is 3.95. The molecule has 0 bridgehead atoms. The molecule has 1 aliphatic rings. The van der Waals surface area contributed by atoms with Crippen molar-refractivity contribution in [2.75, 3.05) is 32.8 Å². The van der Waals surface area contributed by atoms with Crippen LogP contribution in [0.25, 0.3) is 11.4 Å². The van der Waals surface area contributed by atoms with E-state index >= 15 is 0 Å². The number of aryl methyl sites for hydroxylation is 1. The molecule has 0 saturated carbocycles. The van der Waals surface area contributed by atoms with Gasteiger partial charge in [-0.05, 0) is 24.5 Å². The highest BCUT2D eigenvalue weighted by Gasteiger charge is 2.23. The van der Waals surface area contributed by atoms with Crippen LogP contribution in [0.1, 0.15) is 32.6 Å². The number of pyridine rings is 1. The number of ether oxygens (including phenoxy) is 1. The Morgan fingerprint density at radius 1 is 1.14 bits per heavy atom. The first-order valence-corrected chi connectivity index (χ1v) is 9.95. The van der Waals surface area contributed by atoms with Crippen molar-refractivity contribution in [1.82, 2.24) is 24.9 Å².